The molecule has 0 aliphatic heterocycles. The first-order chi connectivity index (χ1) is 13.8. The van der Waals surface area contributed by atoms with Gasteiger partial charge in [0.15, 0.2) is 5.01 Å². The van der Waals surface area contributed by atoms with E-state index in [1.165, 1.54) is 42.7 Å². The van der Waals surface area contributed by atoms with E-state index in [1.807, 2.05) is 47.8 Å². The molecule has 28 heavy (non-hydrogen) atoms. The standard InChI is InChI=1S/C23H23N3OS/c27-22(23-26-21(14-28-23)17-4-2-1-3-5-17)25-18-10-8-16(9-11-18)19-12-20(19)24-13-15-6-7-15/h1-5,8-11,14-15,19-20,24H,6-7,12-13H2,(H,25,27)/t19-,20+/m0/s1. The van der Waals surface area contributed by atoms with Crippen LogP contribution in [0.3, 0.4) is 0 Å². The van der Waals surface area contributed by atoms with Crippen LogP contribution in [0.5, 0.6) is 0 Å². The molecule has 5 heteroatoms. The average Bonchev–Trinajstić information content (AvgIpc) is 3.65. The van der Waals surface area contributed by atoms with Crippen molar-refractivity contribution in [1.29, 1.82) is 0 Å². The molecule has 0 unspecified atom stereocenters. The third-order valence-corrected chi connectivity index (χ3v) is 6.36. The van der Waals surface area contributed by atoms with E-state index in [0.717, 1.165) is 22.9 Å². The number of nitrogens with one attached hydrogen (secondary N) is 2. The summed E-state index contributed by atoms with van der Waals surface area (Å²) in [7, 11) is 0. The van der Waals surface area contributed by atoms with Crippen molar-refractivity contribution >= 4 is 22.9 Å². The molecule has 2 atom stereocenters. The van der Waals surface area contributed by atoms with Crippen LogP contribution in [0, 0.1) is 5.92 Å². The number of aromatic nitrogens is 1. The van der Waals surface area contributed by atoms with Gasteiger partial charge in [0.25, 0.3) is 5.91 Å². The van der Waals surface area contributed by atoms with Crippen molar-refractivity contribution in [2.45, 2.75) is 31.2 Å². The summed E-state index contributed by atoms with van der Waals surface area (Å²) in [5.74, 6) is 1.39. The molecule has 142 valence electrons. The van der Waals surface area contributed by atoms with Crippen molar-refractivity contribution in [3.05, 3.63) is 70.5 Å². The zero-order valence-corrected chi connectivity index (χ0v) is 16.4. The van der Waals surface area contributed by atoms with Crippen LogP contribution in [-0.2, 0) is 0 Å². The predicted octanol–water partition coefficient (Wildman–Crippen LogP) is 4.92. The highest BCUT2D eigenvalue weighted by Gasteiger charge is 2.38. The second-order valence-corrected chi connectivity index (χ2v) is 8.64. The number of carbonyl (C=O) groups is 1. The van der Waals surface area contributed by atoms with Crippen LogP contribution < -0.4 is 10.6 Å². The minimum atomic E-state index is -0.157. The number of hydrogen-bond donors (Lipinski definition) is 2. The molecule has 0 bridgehead atoms. The Bertz CT molecular complexity index is 963. The molecule has 1 amide bonds. The fourth-order valence-electron chi connectivity index (χ4n) is 3.55. The van der Waals surface area contributed by atoms with Gasteiger partial charge in [0.05, 0.1) is 5.69 Å². The van der Waals surface area contributed by atoms with E-state index in [9.17, 15) is 4.79 Å². The van der Waals surface area contributed by atoms with Gasteiger partial charge in [-0.25, -0.2) is 4.98 Å². The molecule has 2 N–H and O–H groups in total. The Kier molecular flexibility index (Phi) is 4.71. The Labute approximate surface area is 169 Å². The van der Waals surface area contributed by atoms with E-state index in [1.54, 1.807) is 0 Å². The van der Waals surface area contributed by atoms with E-state index in [0.29, 0.717) is 17.0 Å². The van der Waals surface area contributed by atoms with Crippen molar-refractivity contribution in [1.82, 2.24) is 10.3 Å². The van der Waals surface area contributed by atoms with Crippen LogP contribution in [0.1, 0.15) is 40.5 Å². The summed E-state index contributed by atoms with van der Waals surface area (Å²) >= 11 is 1.37. The Hall–Kier alpha value is -2.50. The van der Waals surface area contributed by atoms with Gasteiger partial charge in [0.1, 0.15) is 0 Å². The third kappa shape index (κ3) is 4.01. The largest absolute Gasteiger partial charge is 0.320 e. The summed E-state index contributed by atoms with van der Waals surface area (Å²) in [6.07, 6.45) is 4.01. The topological polar surface area (TPSA) is 54.0 Å². The smallest absolute Gasteiger partial charge is 0.284 e. The van der Waals surface area contributed by atoms with Gasteiger partial charge in [-0.15, -0.1) is 11.3 Å². The number of anilines is 1. The second kappa shape index (κ2) is 7.49. The van der Waals surface area contributed by atoms with Gasteiger partial charge in [-0.05, 0) is 49.4 Å². The maximum absolute atomic E-state index is 12.5. The van der Waals surface area contributed by atoms with Gasteiger partial charge in [0.2, 0.25) is 0 Å². The summed E-state index contributed by atoms with van der Waals surface area (Å²) in [5, 5.41) is 9.04. The minimum Gasteiger partial charge on any atom is -0.320 e. The van der Waals surface area contributed by atoms with Crippen LogP contribution in [0.2, 0.25) is 0 Å². The summed E-state index contributed by atoms with van der Waals surface area (Å²) in [6, 6.07) is 18.8. The van der Waals surface area contributed by atoms with Crippen molar-refractivity contribution in [2.24, 2.45) is 5.92 Å². The Morgan fingerprint density at radius 1 is 1.07 bits per heavy atom. The number of benzene rings is 2. The van der Waals surface area contributed by atoms with Crippen molar-refractivity contribution in [3.8, 4) is 11.3 Å². The Morgan fingerprint density at radius 3 is 2.61 bits per heavy atom. The number of rotatable bonds is 7. The average molecular weight is 390 g/mol. The first kappa shape index (κ1) is 17.6. The molecule has 5 rings (SSSR count). The fraction of sp³-hybridized carbons (Fsp3) is 0.304. The Morgan fingerprint density at radius 2 is 1.86 bits per heavy atom. The lowest BCUT2D eigenvalue weighted by Crippen LogP contribution is -2.20. The SMILES string of the molecule is O=C(Nc1ccc([C@@H]2C[C@H]2NCC2CC2)cc1)c1nc(-c2ccccc2)cs1. The third-order valence-electron chi connectivity index (χ3n) is 5.52. The molecule has 2 fully saturated rings. The second-order valence-electron chi connectivity index (χ2n) is 7.78. The number of nitrogens with zero attached hydrogens (tertiary/aromatic N) is 1. The van der Waals surface area contributed by atoms with Crippen LogP contribution in [-0.4, -0.2) is 23.5 Å². The molecule has 0 saturated heterocycles. The van der Waals surface area contributed by atoms with Gasteiger partial charge in [0, 0.05) is 28.6 Å². The van der Waals surface area contributed by atoms with Gasteiger partial charge in [-0.3, -0.25) is 4.79 Å². The quantitative estimate of drug-likeness (QED) is 0.603. The van der Waals surface area contributed by atoms with E-state index in [-0.39, 0.29) is 5.91 Å². The fourth-order valence-corrected chi connectivity index (χ4v) is 4.27. The zero-order valence-electron chi connectivity index (χ0n) is 15.6. The maximum atomic E-state index is 12.5. The maximum Gasteiger partial charge on any atom is 0.284 e. The van der Waals surface area contributed by atoms with E-state index in [4.69, 9.17) is 0 Å². The normalized spacial score (nSPS) is 20.7. The molecule has 3 aromatic rings. The van der Waals surface area contributed by atoms with Crippen LogP contribution in [0.15, 0.2) is 60.0 Å². The highest BCUT2D eigenvalue weighted by atomic mass is 32.1. The van der Waals surface area contributed by atoms with Gasteiger partial charge < -0.3 is 10.6 Å². The van der Waals surface area contributed by atoms with Crippen LogP contribution in [0.25, 0.3) is 11.3 Å². The first-order valence-corrected chi connectivity index (χ1v) is 10.8. The van der Waals surface area contributed by atoms with E-state index >= 15 is 0 Å². The molecule has 0 radical (unpaired) electrons. The highest BCUT2D eigenvalue weighted by molar-refractivity contribution is 7.12. The highest BCUT2D eigenvalue weighted by Crippen LogP contribution is 2.42. The number of hydrogen-bond acceptors (Lipinski definition) is 4. The van der Waals surface area contributed by atoms with Gasteiger partial charge >= 0.3 is 0 Å². The predicted molar refractivity (Wildman–Crippen MR) is 114 cm³/mol. The molecule has 1 aromatic heterocycles. The lowest BCUT2D eigenvalue weighted by molar-refractivity contribution is 0.102. The monoisotopic (exact) mass is 389 g/mol. The number of thiazole rings is 1. The van der Waals surface area contributed by atoms with E-state index in [2.05, 4.69) is 27.8 Å². The lowest BCUT2D eigenvalue weighted by Gasteiger charge is -2.06. The molecular weight excluding hydrogens is 366 g/mol. The molecule has 4 nitrogen and oxygen atoms in total. The summed E-state index contributed by atoms with van der Waals surface area (Å²) in [5.41, 5.74) is 4.03. The summed E-state index contributed by atoms with van der Waals surface area (Å²) in [6.45, 7) is 1.17. The molecular formula is C23H23N3OS. The van der Waals surface area contributed by atoms with Gasteiger partial charge in [-0.2, -0.15) is 0 Å². The zero-order chi connectivity index (χ0) is 18.9. The molecule has 2 saturated carbocycles. The summed E-state index contributed by atoms with van der Waals surface area (Å²) in [4.78, 5) is 17.0. The number of amides is 1. The molecule has 2 aliphatic carbocycles. The molecule has 2 aliphatic rings. The van der Waals surface area contributed by atoms with Gasteiger partial charge in [-0.1, -0.05) is 42.5 Å². The van der Waals surface area contributed by atoms with Crippen molar-refractivity contribution < 1.29 is 4.79 Å². The molecule has 1 heterocycles. The van der Waals surface area contributed by atoms with Crippen molar-refractivity contribution in [3.63, 3.8) is 0 Å². The van der Waals surface area contributed by atoms with Crippen LogP contribution in [0.4, 0.5) is 5.69 Å². The molecule has 0 spiro atoms. The van der Waals surface area contributed by atoms with Crippen molar-refractivity contribution in [2.75, 3.05) is 11.9 Å². The first-order valence-electron chi connectivity index (χ1n) is 9.92. The minimum absolute atomic E-state index is 0.157. The van der Waals surface area contributed by atoms with Crippen LogP contribution >= 0.6 is 11.3 Å². The summed E-state index contributed by atoms with van der Waals surface area (Å²) < 4.78 is 0. The van der Waals surface area contributed by atoms with E-state index < -0.39 is 0 Å². The number of carbonyl (C=O) groups excluding carboxylic acids is 1. The lowest BCUT2D eigenvalue weighted by atomic mass is 10.1. The molecule has 2 aromatic carbocycles. The Balaban J connectivity index is 1.18.